The molecule has 1 saturated heterocycles. The van der Waals surface area contributed by atoms with Gasteiger partial charge in [-0.25, -0.2) is 0 Å². The van der Waals surface area contributed by atoms with Crippen molar-refractivity contribution in [3.63, 3.8) is 0 Å². The quantitative estimate of drug-likeness (QED) is 0.693. The summed E-state index contributed by atoms with van der Waals surface area (Å²) in [5, 5.41) is 0.620. The smallest absolute Gasteiger partial charge is 0.255 e. The van der Waals surface area contributed by atoms with Gasteiger partial charge in [-0.2, -0.15) is 0 Å². The lowest BCUT2D eigenvalue weighted by Gasteiger charge is -2.34. The number of carbonyl (C=O) groups is 1. The van der Waals surface area contributed by atoms with Gasteiger partial charge in [-0.15, -0.1) is 0 Å². The summed E-state index contributed by atoms with van der Waals surface area (Å²) in [6, 6.07) is 5.89. The van der Waals surface area contributed by atoms with Crippen LogP contribution in [-0.2, 0) is 0 Å². The Hall–Kier alpha value is -0.540. The van der Waals surface area contributed by atoms with Gasteiger partial charge in [0.2, 0.25) is 0 Å². The summed E-state index contributed by atoms with van der Waals surface area (Å²) in [6.45, 7) is 0.888. The molecule has 0 spiro atoms. The van der Waals surface area contributed by atoms with Gasteiger partial charge in [-0.05, 0) is 65.7 Å². The number of benzene rings is 1. The van der Waals surface area contributed by atoms with Crippen LogP contribution in [0.5, 0.6) is 0 Å². The number of rotatable bonds is 2. The van der Waals surface area contributed by atoms with E-state index in [1.54, 1.807) is 6.07 Å². The van der Waals surface area contributed by atoms with Crippen molar-refractivity contribution in [2.24, 2.45) is 5.92 Å². The van der Waals surface area contributed by atoms with E-state index in [2.05, 4.69) is 20.8 Å². The van der Waals surface area contributed by atoms with Gasteiger partial charge in [0.1, 0.15) is 0 Å². The Morgan fingerprint density at radius 1 is 1.14 bits per heavy atom. The van der Waals surface area contributed by atoms with Crippen LogP contribution in [0.1, 0.15) is 55.3 Å². The lowest BCUT2D eigenvalue weighted by atomic mass is 9.83. The highest BCUT2D eigenvalue weighted by molar-refractivity contribution is 9.10. The van der Waals surface area contributed by atoms with Crippen LogP contribution in [0.4, 0.5) is 0 Å². The molecule has 114 valence electrons. The summed E-state index contributed by atoms with van der Waals surface area (Å²) < 4.78 is 0.839. The molecule has 2 fully saturated rings. The largest absolute Gasteiger partial charge is 0.335 e. The standard InChI is InChI=1S/C17H21BrClNO/c18-15-9-8-13(19)11-14(15)17(21)20-10-4-7-16(20)12-5-2-1-3-6-12/h8-9,11-12,16H,1-7,10H2. The molecule has 4 heteroatoms. The van der Waals surface area contributed by atoms with Crippen LogP contribution in [0.2, 0.25) is 5.02 Å². The minimum absolute atomic E-state index is 0.137. The minimum atomic E-state index is 0.137. The topological polar surface area (TPSA) is 20.3 Å². The van der Waals surface area contributed by atoms with Crippen LogP contribution in [-0.4, -0.2) is 23.4 Å². The van der Waals surface area contributed by atoms with Gasteiger partial charge >= 0.3 is 0 Å². The molecule has 1 unspecified atom stereocenters. The van der Waals surface area contributed by atoms with E-state index >= 15 is 0 Å². The second-order valence-corrected chi connectivity index (χ2v) is 7.52. The van der Waals surface area contributed by atoms with E-state index in [9.17, 15) is 4.79 Å². The molecule has 1 aliphatic heterocycles. The molecular formula is C17H21BrClNO. The lowest BCUT2D eigenvalue weighted by Crippen LogP contribution is -2.40. The van der Waals surface area contributed by atoms with Crippen LogP contribution in [0.25, 0.3) is 0 Å². The molecule has 1 amide bonds. The van der Waals surface area contributed by atoms with Crippen molar-refractivity contribution in [1.29, 1.82) is 0 Å². The summed E-state index contributed by atoms with van der Waals surface area (Å²) in [5.74, 6) is 0.834. The predicted octanol–water partition coefficient (Wildman–Crippen LogP) is 5.29. The fraction of sp³-hybridized carbons (Fsp3) is 0.588. The molecule has 1 saturated carbocycles. The van der Waals surface area contributed by atoms with Gasteiger partial charge in [0.25, 0.3) is 5.91 Å². The van der Waals surface area contributed by atoms with Crippen LogP contribution in [0.3, 0.4) is 0 Å². The Morgan fingerprint density at radius 3 is 2.67 bits per heavy atom. The second-order valence-electron chi connectivity index (χ2n) is 6.23. The number of carbonyl (C=O) groups excluding carboxylic acids is 1. The number of likely N-dealkylation sites (tertiary alicyclic amines) is 1. The normalized spacial score (nSPS) is 23.5. The number of halogens is 2. The van der Waals surface area contributed by atoms with Gasteiger partial charge in [0, 0.05) is 22.1 Å². The molecule has 0 radical (unpaired) electrons. The number of nitrogens with zero attached hydrogens (tertiary/aromatic N) is 1. The number of amides is 1. The zero-order chi connectivity index (χ0) is 14.8. The molecule has 1 atom stereocenters. The highest BCUT2D eigenvalue weighted by Crippen LogP contribution is 2.35. The van der Waals surface area contributed by atoms with Gasteiger partial charge in [0.05, 0.1) is 5.56 Å². The second kappa shape index (κ2) is 6.70. The van der Waals surface area contributed by atoms with Crippen molar-refractivity contribution in [2.75, 3.05) is 6.54 Å². The van der Waals surface area contributed by atoms with Crippen molar-refractivity contribution >= 4 is 33.4 Å². The van der Waals surface area contributed by atoms with E-state index in [1.165, 1.54) is 32.1 Å². The van der Waals surface area contributed by atoms with Crippen LogP contribution >= 0.6 is 27.5 Å². The highest BCUT2D eigenvalue weighted by atomic mass is 79.9. The maximum Gasteiger partial charge on any atom is 0.255 e. The number of hydrogen-bond acceptors (Lipinski definition) is 1. The third-order valence-corrected chi connectivity index (χ3v) is 5.84. The molecule has 1 aliphatic carbocycles. The zero-order valence-electron chi connectivity index (χ0n) is 12.2. The Morgan fingerprint density at radius 2 is 1.90 bits per heavy atom. The summed E-state index contributed by atoms with van der Waals surface area (Å²) in [5.41, 5.74) is 0.699. The summed E-state index contributed by atoms with van der Waals surface area (Å²) in [6.07, 6.45) is 8.86. The van der Waals surface area contributed by atoms with Gasteiger partial charge in [-0.3, -0.25) is 4.79 Å². The fourth-order valence-electron chi connectivity index (χ4n) is 3.87. The molecule has 21 heavy (non-hydrogen) atoms. The van der Waals surface area contributed by atoms with E-state index in [0.29, 0.717) is 22.5 Å². The van der Waals surface area contributed by atoms with Crippen molar-refractivity contribution < 1.29 is 4.79 Å². The summed E-state index contributed by atoms with van der Waals surface area (Å²) >= 11 is 9.55. The first-order valence-electron chi connectivity index (χ1n) is 7.93. The van der Waals surface area contributed by atoms with Gasteiger partial charge in [0.15, 0.2) is 0 Å². The molecule has 0 aromatic heterocycles. The van der Waals surface area contributed by atoms with Crippen molar-refractivity contribution in [3.05, 3.63) is 33.3 Å². The molecule has 0 N–H and O–H groups in total. The molecule has 1 heterocycles. The van der Waals surface area contributed by atoms with E-state index < -0.39 is 0 Å². The third kappa shape index (κ3) is 3.29. The predicted molar refractivity (Wildman–Crippen MR) is 89.8 cm³/mol. The van der Waals surface area contributed by atoms with E-state index in [4.69, 9.17) is 11.6 Å². The Labute approximate surface area is 140 Å². The van der Waals surface area contributed by atoms with Crippen LogP contribution in [0.15, 0.2) is 22.7 Å². The molecule has 1 aromatic rings. The maximum absolute atomic E-state index is 12.9. The maximum atomic E-state index is 12.9. The first-order chi connectivity index (χ1) is 10.2. The lowest BCUT2D eigenvalue weighted by molar-refractivity contribution is 0.0660. The first-order valence-corrected chi connectivity index (χ1v) is 9.10. The van der Waals surface area contributed by atoms with E-state index in [-0.39, 0.29) is 5.91 Å². The van der Waals surface area contributed by atoms with Crippen LogP contribution < -0.4 is 0 Å². The van der Waals surface area contributed by atoms with Crippen molar-refractivity contribution in [2.45, 2.75) is 51.0 Å². The number of hydrogen-bond donors (Lipinski definition) is 0. The fourth-order valence-corrected chi connectivity index (χ4v) is 4.46. The first kappa shape index (κ1) is 15.4. The average molecular weight is 371 g/mol. The third-order valence-electron chi connectivity index (χ3n) is 4.91. The average Bonchev–Trinajstić information content (AvgIpc) is 2.99. The molecule has 1 aromatic carbocycles. The molecular weight excluding hydrogens is 350 g/mol. The summed E-state index contributed by atoms with van der Waals surface area (Å²) in [7, 11) is 0. The van der Waals surface area contributed by atoms with Crippen LogP contribution in [0, 0.1) is 5.92 Å². The Balaban J connectivity index is 1.80. The molecule has 3 rings (SSSR count). The Kier molecular flexibility index (Phi) is 4.90. The van der Waals surface area contributed by atoms with Crippen molar-refractivity contribution in [1.82, 2.24) is 4.90 Å². The Bertz CT molecular complexity index is 528. The highest BCUT2D eigenvalue weighted by Gasteiger charge is 2.35. The summed E-state index contributed by atoms with van der Waals surface area (Å²) in [4.78, 5) is 15.0. The van der Waals surface area contributed by atoms with Gasteiger partial charge < -0.3 is 4.90 Å². The molecule has 0 bridgehead atoms. The monoisotopic (exact) mass is 369 g/mol. The molecule has 2 nitrogen and oxygen atoms in total. The van der Waals surface area contributed by atoms with E-state index in [0.717, 1.165) is 23.9 Å². The SMILES string of the molecule is O=C(c1cc(Cl)ccc1Br)N1CCCC1C1CCCCC1. The van der Waals surface area contributed by atoms with Gasteiger partial charge in [-0.1, -0.05) is 30.9 Å². The minimum Gasteiger partial charge on any atom is -0.335 e. The zero-order valence-corrected chi connectivity index (χ0v) is 14.5. The molecule has 2 aliphatic rings. The van der Waals surface area contributed by atoms with E-state index in [1.807, 2.05) is 12.1 Å². The van der Waals surface area contributed by atoms with Crippen molar-refractivity contribution in [3.8, 4) is 0 Å².